The molecule has 1 unspecified atom stereocenters. The average molecular weight is 286 g/mol. The van der Waals surface area contributed by atoms with Gasteiger partial charge in [-0.25, -0.2) is 8.78 Å². The average Bonchev–Trinajstić information content (AvgIpc) is 2.53. The number of rotatable bonds is 5. The van der Waals surface area contributed by atoms with E-state index in [1.165, 1.54) is 12.1 Å². The Bertz CT molecular complexity index is 613. The molecule has 1 N–H and O–H groups in total. The van der Waals surface area contributed by atoms with Gasteiger partial charge in [0, 0.05) is 18.2 Å². The first-order valence-electron chi connectivity index (χ1n) is 6.70. The van der Waals surface area contributed by atoms with Gasteiger partial charge >= 0.3 is 0 Å². The molecule has 2 aromatic rings. The molecule has 0 aliphatic rings. The van der Waals surface area contributed by atoms with E-state index in [1.54, 1.807) is 24.3 Å². The molecule has 0 amide bonds. The summed E-state index contributed by atoms with van der Waals surface area (Å²) in [4.78, 5) is 0. The molecule has 0 heterocycles. The van der Waals surface area contributed by atoms with Crippen molar-refractivity contribution in [3.8, 4) is 6.07 Å². The molecule has 2 aromatic carbocycles. The second-order valence-corrected chi connectivity index (χ2v) is 4.88. The molecule has 0 saturated carbocycles. The Morgan fingerprint density at radius 1 is 1.00 bits per heavy atom. The van der Waals surface area contributed by atoms with E-state index < -0.39 is 6.43 Å². The highest BCUT2D eigenvalue weighted by molar-refractivity contribution is 5.32. The van der Waals surface area contributed by atoms with Crippen LogP contribution in [0.1, 0.15) is 41.6 Å². The number of hydrogen-bond donors (Lipinski definition) is 1. The van der Waals surface area contributed by atoms with Gasteiger partial charge in [-0.1, -0.05) is 36.4 Å². The summed E-state index contributed by atoms with van der Waals surface area (Å²) in [7, 11) is 0. The molecule has 1 atom stereocenters. The quantitative estimate of drug-likeness (QED) is 0.887. The molecule has 108 valence electrons. The molecule has 0 spiro atoms. The molecule has 0 aromatic heterocycles. The van der Waals surface area contributed by atoms with Crippen molar-refractivity contribution in [1.82, 2.24) is 5.32 Å². The monoisotopic (exact) mass is 286 g/mol. The van der Waals surface area contributed by atoms with Gasteiger partial charge in [0.05, 0.1) is 11.6 Å². The summed E-state index contributed by atoms with van der Waals surface area (Å²) in [6, 6.07) is 15.9. The lowest BCUT2D eigenvalue weighted by atomic mass is 10.1. The molecule has 0 aliphatic carbocycles. The van der Waals surface area contributed by atoms with Crippen LogP contribution in [0.2, 0.25) is 0 Å². The van der Waals surface area contributed by atoms with Gasteiger partial charge in [-0.2, -0.15) is 5.26 Å². The molecule has 2 rings (SSSR count). The Balaban J connectivity index is 1.93. The molecule has 0 bridgehead atoms. The zero-order valence-corrected chi connectivity index (χ0v) is 11.7. The fourth-order valence-electron chi connectivity index (χ4n) is 2.02. The van der Waals surface area contributed by atoms with Gasteiger partial charge in [0.15, 0.2) is 0 Å². The zero-order chi connectivity index (χ0) is 15.2. The van der Waals surface area contributed by atoms with Crippen molar-refractivity contribution in [2.45, 2.75) is 25.9 Å². The Morgan fingerprint density at radius 2 is 1.57 bits per heavy atom. The summed E-state index contributed by atoms with van der Waals surface area (Å²) < 4.78 is 24.9. The first kappa shape index (κ1) is 15.1. The lowest BCUT2D eigenvalue weighted by Gasteiger charge is -2.14. The number of nitrogens with zero attached hydrogens (tertiary/aromatic N) is 1. The molecule has 4 heteroatoms. The second-order valence-electron chi connectivity index (χ2n) is 4.88. The summed E-state index contributed by atoms with van der Waals surface area (Å²) in [5.74, 6) is 0. The smallest absolute Gasteiger partial charge is 0.263 e. The van der Waals surface area contributed by atoms with E-state index in [-0.39, 0.29) is 11.6 Å². The molecular formula is C17H16F2N2. The largest absolute Gasteiger partial charge is 0.306 e. The topological polar surface area (TPSA) is 35.8 Å². The van der Waals surface area contributed by atoms with Gasteiger partial charge in [0.2, 0.25) is 0 Å². The Labute approximate surface area is 123 Å². The van der Waals surface area contributed by atoms with E-state index in [0.717, 1.165) is 11.1 Å². The molecule has 0 aliphatic heterocycles. The van der Waals surface area contributed by atoms with Gasteiger partial charge in [0.25, 0.3) is 6.43 Å². The van der Waals surface area contributed by atoms with Gasteiger partial charge < -0.3 is 5.32 Å². The third-order valence-electron chi connectivity index (χ3n) is 3.38. The minimum Gasteiger partial charge on any atom is -0.306 e. The number of halogens is 2. The standard InChI is InChI=1S/C17H16F2N2/c1-12(15-6-2-13(10-20)3-7-15)21-11-14-4-8-16(9-5-14)17(18)19/h2-9,12,17,21H,11H2,1H3. The van der Waals surface area contributed by atoms with Crippen LogP contribution in [-0.4, -0.2) is 0 Å². The van der Waals surface area contributed by atoms with Crippen LogP contribution in [0.5, 0.6) is 0 Å². The number of nitrogens with one attached hydrogen (secondary N) is 1. The van der Waals surface area contributed by atoms with Crippen LogP contribution in [0.4, 0.5) is 8.78 Å². The maximum atomic E-state index is 12.5. The molecule has 0 fully saturated rings. The Morgan fingerprint density at radius 3 is 2.10 bits per heavy atom. The van der Waals surface area contributed by atoms with Crippen molar-refractivity contribution in [2.24, 2.45) is 0 Å². The summed E-state index contributed by atoms with van der Waals surface area (Å²) in [5, 5.41) is 12.1. The van der Waals surface area contributed by atoms with Crippen LogP contribution in [0, 0.1) is 11.3 Å². The highest BCUT2D eigenvalue weighted by atomic mass is 19.3. The predicted octanol–water partition coefficient (Wildman–Crippen LogP) is 4.35. The summed E-state index contributed by atoms with van der Waals surface area (Å²) in [5.41, 5.74) is 2.71. The number of nitriles is 1. The van der Waals surface area contributed by atoms with Crippen LogP contribution in [-0.2, 0) is 6.54 Å². The molecule has 21 heavy (non-hydrogen) atoms. The lowest BCUT2D eigenvalue weighted by molar-refractivity contribution is 0.151. The minimum absolute atomic E-state index is 0.0406. The maximum Gasteiger partial charge on any atom is 0.263 e. The Hall–Kier alpha value is -2.25. The van der Waals surface area contributed by atoms with Crippen LogP contribution < -0.4 is 5.32 Å². The summed E-state index contributed by atoms with van der Waals surface area (Å²) in [6.45, 7) is 2.62. The van der Waals surface area contributed by atoms with Crippen molar-refractivity contribution < 1.29 is 8.78 Å². The van der Waals surface area contributed by atoms with Gasteiger partial charge in [-0.3, -0.25) is 0 Å². The van der Waals surface area contributed by atoms with E-state index in [1.807, 2.05) is 19.1 Å². The molecule has 2 nitrogen and oxygen atoms in total. The first-order valence-corrected chi connectivity index (χ1v) is 6.70. The van der Waals surface area contributed by atoms with Crippen molar-refractivity contribution >= 4 is 0 Å². The van der Waals surface area contributed by atoms with Crippen LogP contribution in [0.3, 0.4) is 0 Å². The second kappa shape index (κ2) is 6.96. The van der Waals surface area contributed by atoms with E-state index >= 15 is 0 Å². The van der Waals surface area contributed by atoms with E-state index in [4.69, 9.17) is 5.26 Å². The summed E-state index contributed by atoms with van der Waals surface area (Å²) >= 11 is 0. The number of hydrogen-bond acceptors (Lipinski definition) is 2. The normalized spacial score (nSPS) is 12.1. The highest BCUT2D eigenvalue weighted by Gasteiger charge is 2.07. The predicted molar refractivity (Wildman–Crippen MR) is 77.8 cm³/mol. The molecular weight excluding hydrogens is 270 g/mol. The number of alkyl halides is 2. The fourth-order valence-corrected chi connectivity index (χ4v) is 2.02. The molecule has 0 radical (unpaired) electrons. The van der Waals surface area contributed by atoms with Crippen molar-refractivity contribution in [2.75, 3.05) is 0 Å². The van der Waals surface area contributed by atoms with Crippen LogP contribution in [0.15, 0.2) is 48.5 Å². The van der Waals surface area contributed by atoms with E-state index in [0.29, 0.717) is 12.1 Å². The summed E-state index contributed by atoms with van der Waals surface area (Å²) in [6.07, 6.45) is -2.43. The molecule has 0 saturated heterocycles. The van der Waals surface area contributed by atoms with Crippen LogP contribution in [0.25, 0.3) is 0 Å². The van der Waals surface area contributed by atoms with Crippen molar-refractivity contribution in [3.05, 3.63) is 70.8 Å². The van der Waals surface area contributed by atoms with E-state index in [9.17, 15) is 8.78 Å². The first-order chi connectivity index (χ1) is 10.1. The zero-order valence-electron chi connectivity index (χ0n) is 11.7. The lowest BCUT2D eigenvalue weighted by Crippen LogP contribution is -2.18. The Kier molecular flexibility index (Phi) is 5.02. The van der Waals surface area contributed by atoms with Crippen LogP contribution >= 0.6 is 0 Å². The minimum atomic E-state index is -2.43. The fraction of sp³-hybridized carbons (Fsp3) is 0.235. The van der Waals surface area contributed by atoms with Gasteiger partial charge in [-0.15, -0.1) is 0 Å². The van der Waals surface area contributed by atoms with Crippen molar-refractivity contribution in [1.29, 1.82) is 5.26 Å². The van der Waals surface area contributed by atoms with Gasteiger partial charge in [-0.05, 0) is 30.2 Å². The van der Waals surface area contributed by atoms with E-state index in [2.05, 4.69) is 11.4 Å². The third-order valence-corrected chi connectivity index (χ3v) is 3.38. The third kappa shape index (κ3) is 4.11. The maximum absolute atomic E-state index is 12.5. The van der Waals surface area contributed by atoms with Crippen molar-refractivity contribution in [3.63, 3.8) is 0 Å². The number of benzene rings is 2. The SMILES string of the molecule is CC(NCc1ccc(C(F)F)cc1)c1ccc(C#N)cc1. The van der Waals surface area contributed by atoms with Gasteiger partial charge in [0.1, 0.15) is 0 Å². The highest BCUT2D eigenvalue weighted by Crippen LogP contribution is 2.19.